The van der Waals surface area contributed by atoms with Crippen LogP contribution in [0.1, 0.15) is 19.8 Å². The second-order valence-electron chi connectivity index (χ2n) is 4.48. The summed E-state index contributed by atoms with van der Waals surface area (Å²) in [6, 6.07) is 0.0659. The van der Waals surface area contributed by atoms with Crippen LogP contribution in [0.2, 0.25) is 0 Å². The second kappa shape index (κ2) is 7.63. The third-order valence-corrected chi connectivity index (χ3v) is 3.12. The molecule has 100 valence electrons. The van der Waals surface area contributed by atoms with Crippen molar-refractivity contribution in [3.8, 4) is 0 Å². The molecule has 1 aliphatic heterocycles. The number of nitrogens with one attached hydrogen (secondary N) is 1. The highest BCUT2D eigenvalue weighted by molar-refractivity contribution is 5.82. The Morgan fingerprint density at radius 3 is 2.76 bits per heavy atom. The predicted octanol–water partition coefficient (Wildman–Crippen LogP) is 0.248. The molecule has 1 unspecified atom stereocenters. The first kappa shape index (κ1) is 14.4. The average Bonchev–Trinajstić information content (AvgIpc) is 2.83. The Kier molecular flexibility index (Phi) is 6.47. The summed E-state index contributed by atoms with van der Waals surface area (Å²) >= 11 is 0. The number of amides is 1. The van der Waals surface area contributed by atoms with Crippen LogP contribution >= 0.6 is 0 Å². The van der Waals surface area contributed by atoms with Crippen molar-refractivity contribution in [3.63, 3.8) is 0 Å². The largest absolute Gasteiger partial charge is 0.383 e. The maximum Gasteiger partial charge on any atom is 0.240 e. The zero-order chi connectivity index (χ0) is 12.7. The fourth-order valence-electron chi connectivity index (χ4n) is 2.16. The molecule has 0 spiro atoms. The van der Waals surface area contributed by atoms with Crippen LogP contribution in [0.3, 0.4) is 0 Å². The number of hydrogen-bond acceptors (Lipinski definition) is 4. The normalized spacial score (nSPS) is 21.5. The predicted molar refractivity (Wildman–Crippen MR) is 66.0 cm³/mol. The molecule has 1 saturated heterocycles. The summed E-state index contributed by atoms with van der Waals surface area (Å²) in [6.07, 6.45) is 2.01. The lowest BCUT2D eigenvalue weighted by atomic mass is 10.1. The van der Waals surface area contributed by atoms with Crippen LogP contribution in [-0.2, 0) is 14.3 Å². The first-order valence-corrected chi connectivity index (χ1v) is 6.22. The van der Waals surface area contributed by atoms with Crippen LogP contribution in [0, 0.1) is 0 Å². The Morgan fingerprint density at radius 1 is 1.47 bits per heavy atom. The van der Waals surface area contributed by atoms with Gasteiger partial charge in [-0.1, -0.05) is 0 Å². The summed E-state index contributed by atoms with van der Waals surface area (Å²) in [5, 5.41) is 3.24. The van der Waals surface area contributed by atoms with Gasteiger partial charge in [-0.25, -0.2) is 0 Å². The van der Waals surface area contributed by atoms with Crippen LogP contribution in [0.15, 0.2) is 0 Å². The quantitative estimate of drug-likeness (QED) is 0.697. The van der Waals surface area contributed by atoms with Gasteiger partial charge in [0, 0.05) is 20.8 Å². The summed E-state index contributed by atoms with van der Waals surface area (Å²) in [5.74, 6) is 0.170. The van der Waals surface area contributed by atoms with Gasteiger partial charge >= 0.3 is 0 Å². The van der Waals surface area contributed by atoms with E-state index in [1.807, 2.05) is 11.8 Å². The molecular formula is C12H24N2O3. The highest BCUT2D eigenvalue weighted by Crippen LogP contribution is 2.11. The van der Waals surface area contributed by atoms with Crippen LogP contribution in [0.25, 0.3) is 0 Å². The molecule has 5 nitrogen and oxygen atoms in total. The van der Waals surface area contributed by atoms with Gasteiger partial charge in [0.15, 0.2) is 0 Å². The molecule has 1 heterocycles. The lowest BCUT2D eigenvalue weighted by Gasteiger charge is -2.31. The summed E-state index contributed by atoms with van der Waals surface area (Å²) < 4.78 is 10.2. The molecule has 0 bridgehead atoms. The molecule has 0 radical (unpaired) electrons. The van der Waals surface area contributed by atoms with Crippen LogP contribution < -0.4 is 5.32 Å². The molecule has 0 aromatic carbocycles. The smallest absolute Gasteiger partial charge is 0.240 e. The molecule has 1 fully saturated rings. The summed E-state index contributed by atoms with van der Waals surface area (Å²) in [6.45, 7) is 4.69. The molecule has 0 aromatic heterocycles. The molecule has 0 saturated carbocycles. The van der Waals surface area contributed by atoms with Gasteiger partial charge in [0.05, 0.1) is 25.3 Å². The van der Waals surface area contributed by atoms with Crippen LogP contribution in [0.4, 0.5) is 0 Å². The number of nitrogens with zero attached hydrogens (tertiary/aromatic N) is 1. The molecule has 0 aliphatic carbocycles. The Bertz CT molecular complexity index is 230. The van der Waals surface area contributed by atoms with Gasteiger partial charge in [-0.15, -0.1) is 0 Å². The third-order valence-electron chi connectivity index (χ3n) is 3.12. The van der Waals surface area contributed by atoms with Crippen LogP contribution in [0.5, 0.6) is 0 Å². The van der Waals surface area contributed by atoms with Crippen molar-refractivity contribution >= 4 is 5.91 Å². The van der Waals surface area contributed by atoms with Gasteiger partial charge < -0.3 is 19.7 Å². The molecule has 0 aromatic rings. The van der Waals surface area contributed by atoms with Gasteiger partial charge in [-0.05, 0) is 26.3 Å². The van der Waals surface area contributed by atoms with Crippen molar-refractivity contribution in [2.24, 2.45) is 0 Å². The Morgan fingerprint density at radius 2 is 2.24 bits per heavy atom. The Hall–Kier alpha value is -0.650. The third kappa shape index (κ3) is 4.26. The highest BCUT2D eigenvalue weighted by atomic mass is 16.5. The lowest BCUT2D eigenvalue weighted by molar-refractivity contribution is -0.136. The van der Waals surface area contributed by atoms with Crippen molar-refractivity contribution < 1.29 is 14.3 Å². The van der Waals surface area contributed by atoms with Gasteiger partial charge in [0.2, 0.25) is 5.91 Å². The number of methoxy groups -OCH3 is 2. The monoisotopic (exact) mass is 244 g/mol. The number of rotatable bonds is 7. The molecule has 2 atom stereocenters. The molecule has 1 amide bonds. The number of hydrogen-bond donors (Lipinski definition) is 1. The van der Waals surface area contributed by atoms with Crippen molar-refractivity contribution in [1.82, 2.24) is 10.2 Å². The van der Waals surface area contributed by atoms with Crippen molar-refractivity contribution in [2.45, 2.75) is 31.8 Å². The van der Waals surface area contributed by atoms with E-state index in [0.29, 0.717) is 19.8 Å². The van der Waals surface area contributed by atoms with Crippen molar-refractivity contribution in [1.29, 1.82) is 0 Å². The van der Waals surface area contributed by atoms with Crippen molar-refractivity contribution in [3.05, 3.63) is 0 Å². The second-order valence-corrected chi connectivity index (χ2v) is 4.48. The standard InChI is InChI=1S/C12H24N2O3/c1-10(9-17-3)14(7-8-16-2)12(15)11-5-4-6-13-11/h10-11,13H,4-9H2,1-3H3/t10?,11-/m1/s1. The fourth-order valence-corrected chi connectivity index (χ4v) is 2.16. The van der Waals surface area contributed by atoms with E-state index in [0.717, 1.165) is 19.4 Å². The Balaban J connectivity index is 2.56. The summed E-state index contributed by atoms with van der Waals surface area (Å²) in [4.78, 5) is 14.2. The minimum absolute atomic E-state index is 0.0221. The van der Waals surface area contributed by atoms with E-state index >= 15 is 0 Å². The Labute approximate surface area is 103 Å². The molecule has 1 N–H and O–H groups in total. The minimum Gasteiger partial charge on any atom is -0.383 e. The summed E-state index contributed by atoms with van der Waals surface area (Å²) in [7, 11) is 3.31. The molecule has 5 heteroatoms. The number of ether oxygens (including phenoxy) is 2. The molecule has 1 aliphatic rings. The van der Waals surface area contributed by atoms with E-state index in [2.05, 4.69) is 5.32 Å². The summed E-state index contributed by atoms with van der Waals surface area (Å²) in [5.41, 5.74) is 0. The van der Waals surface area contributed by atoms with E-state index in [-0.39, 0.29) is 18.0 Å². The SMILES string of the molecule is COCCN(C(=O)[C@H]1CCCN1)C(C)COC. The average molecular weight is 244 g/mol. The number of carbonyl (C=O) groups excluding carboxylic acids is 1. The molecular weight excluding hydrogens is 220 g/mol. The maximum atomic E-state index is 12.3. The van der Waals surface area contributed by atoms with E-state index in [9.17, 15) is 4.79 Å². The first-order chi connectivity index (χ1) is 8.20. The zero-order valence-electron chi connectivity index (χ0n) is 11.1. The van der Waals surface area contributed by atoms with Crippen molar-refractivity contribution in [2.75, 3.05) is 40.5 Å². The van der Waals surface area contributed by atoms with Gasteiger partial charge in [-0.2, -0.15) is 0 Å². The van der Waals surface area contributed by atoms with Crippen LogP contribution in [-0.4, -0.2) is 63.4 Å². The topological polar surface area (TPSA) is 50.8 Å². The van der Waals surface area contributed by atoms with E-state index in [4.69, 9.17) is 9.47 Å². The minimum atomic E-state index is -0.0221. The van der Waals surface area contributed by atoms with E-state index in [1.165, 1.54) is 0 Å². The van der Waals surface area contributed by atoms with Gasteiger partial charge in [0.25, 0.3) is 0 Å². The highest BCUT2D eigenvalue weighted by Gasteiger charge is 2.29. The van der Waals surface area contributed by atoms with Gasteiger partial charge in [0.1, 0.15) is 0 Å². The maximum absolute atomic E-state index is 12.3. The van der Waals surface area contributed by atoms with E-state index < -0.39 is 0 Å². The first-order valence-electron chi connectivity index (χ1n) is 6.22. The zero-order valence-corrected chi connectivity index (χ0v) is 11.1. The fraction of sp³-hybridized carbons (Fsp3) is 0.917. The molecule has 1 rings (SSSR count). The number of carbonyl (C=O) groups is 1. The lowest BCUT2D eigenvalue weighted by Crippen LogP contribution is -2.50. The van der Waals surface area contributed by atoms with Gasteiger partial charge in [-0.3, -0.25) is 4.79 Å². The molecule has 17 heavy (non-hydrogen) atoms. The van der Waals surface area contributed by atoms with E-state index in [1.54, 1.807) is 14.2 Å².